The van der Waals surface area contributed by atoms with Crippen molar-refractivity contribution in [2.24, 2.45) is 0 Å². The molecule has 0 amide bonds. The van der Waals surface area contributed by atoms with Crippen molar-refractivity contribution in [3.63, 3.8) is 0 Å². The Bertz CT molecular complexity index is 664. The molecule has 0 spiro atoms. The lowest BCUT2D eigenvalue weighted by Crippen LogP contribution is -2.14. The molecule has 0 aliphatic carbocycles. The second kappa shape index (κ2) is 5.36. The second-order valence-corrected chi connectivity index (χ2v) is 4.91. The molecule has 0 radical (unpaired) electrons. The van der Waals surface area contributed by atoms with Gasteiger partial charge in [0, 0.05) is 10.0 Å². The van der Waals surface area contributed by atoms with Crippen molar-refractivity contribution in [3.8, 4) is 0 Å². The summed E-state index contributed by atoms with van der Waals surface area (Å²) in [6, 6.07) is 7.85. The quantitative estimate of drug-likeness (QED) is 0.561. The summed E-state index contributed by atoms with van der Waals surface area (Å²) in [5.74, 6) is -1.87. The van der Waals surface area contributed by atoms with Gasteiger partial charge in [-0.3, -0.25) is 4.79 Å². The Morgan fingerprint density at radius 2 is 1.65 bits per heavy atom. The summed E-state index contributed by atoms with van der Waals surface area (Å²) in [6.07, 6.45) is -4.67. The average molecular weight is 347 g/mol. The molecule has 2 aromatic carbocycles. The van der Waals surface area contributed by atoms with Gasteiger partial charge in [0.15, 0.2) is 5.78 Å². The van der Waals surface area contributed by atoms with Gasteiger partial charge in [-0.05, 0) is 24.3 Å². The van der Waals surface area contributed by atoms with Crippen LogP contribution >= 0.6 is 15.9 Å². The first-order chi connectivity index (χ1) is 9.30. The summed E-state index contributed by atoms with van der Waals surface area (Å²) in [4.78, 5) is 12.1. The summed E-state index contributed by atoms with van der Waals surface area (Å²) in [5, 5.41) is 0. The molecule has 0 saturated carbocycles. The van der Waals surface area contributed by atoms with Crippen LogP contribution in [0.15, 0.2) is 46.9 Å². The van der Waals surface area contributed by atoms with E-state index in [1.54, 1.807) is 0 Å². The zero-order chi connectivity index (χ0) is 14.9. The van der Waals surface area contributed by atoms with E-state index in [1.807, 2.05) is 0 Å². The van der Waals surface area contributed by atoms with Crippen molar-refractivity contribution in [2.75, 3.05) is 0 Å². The van der Waals surface area contributed by atoms with E-state index in [-0.39, 0.29) is 0 Å². The Balaban J connectivity index is 2.57. The topological polar surface area (TPSA) is 17.1 Å². The van der Waals surface area contributed by atoms with Gasteiger partial charge in [0.1, 0.15) is 5.82 Å². The normalized spacial score (nSPS) is 11.4. The predicted molar refractivity (Wildman–Crippen MR) is 69.0 cm³/mol. The van der Waals surface area contributed by atoms with Crippen molar-refractivity contribution >= 4 is 21.7 Å². The van der Waals surface area contributed by atoms with E-state index in [1.165, 1.54) is 18.2 Å². The lowest BCUT2D eigenvalue weighted by atomic mass is 9.98. The fourth-order valence-electron chi connectivity index (χ4n) is 1.74. The number of alkyl halides is 3. The van der Waals surface area contributed by atoms with Crippen LogP contribution in [-0.2, 0) is 6.18 Å². The minimum absolute atomic E-state index is 0.406. The van der Waals surface area contributed by atoms with Gasteiger partial charge in [-0.15, -0.1) is 0 Å². The van der Waals surface area contributed by atoms with Crippen LogP contribution in [0.2, 0.25) is 0 Å². The first-order valence-electron chi connectivity index (χ1n) is 5.46. The molecule has 0 aromatic heterocycles. The number of rotatable bonds is 2. The summed E-state index contributed by atoms with van der Waals surface area (Å²) in [7, 11) is 0. The fourth-order valence-corrected chi connectivity index (χ4v) is 2.11. The van der Waals surface area contributed by atoms with Crippen LogP contribution in [0.25, 0.3) is 0 Å². The number of hydrogen-bond donors (Lipinski definition) is 0. The molecule has 0 atom stereocenters. The fraction of sp³-hybridized carbons (Fsp3) is 0.0714. The Labute approximate surface area is 120 Å². The molecule has 0 unspecified atom stereocenters. The highest BCUT2D eigenvalue weighted by Gasteiger charge is 2.35. The highest BCUT2D eigenvalue weighted by atomic mass is 79.9. The van der Waals surface area contributed by atoms with E-state index < -0.39 is 34.5 Å². The van der Waals surface area contributed by atoms with Gasteiger partial charge in [0.25, 0.3) is 0 Å². The van der Waals surface area contributed by atoms with E-state index in [9.17, 15) is 22.4 Å². The molecule has 0 heterocycles. The molecule has 0 aliphatic heterocycles. The number of benzene rings is 2. The van der Waals surface area contributed by atoms with Crippen LogP contribution in [0.4, 0.5) is 17.6 Å². The van der Waals surface area contributed by atoms with Gasteiger partial charge in [-0.1, -0.05) is 34.1 Å². The van der Waals surface area contributed by atoms with E-state index in [4.69, 9.17) is 0 Å². The number of hydrogen-bond acceptors (Lipinski definition) is 1. The number of carbonyl (C=O) groups is 1. The van der Waals surface area contributed by atoms with Crippen molar-refractivity contribution in [1.29, 1.82) is 0 Å². The lowest BCUT2D eigenvalue weighted by molar-refractivity contribution is -0.137. The zero-order valence-electron chi connectivity index (χ0n) is 9.84. The maximum Gasteiger partial charge on any atom is 0.417 e. The molecule has 0 bridgehead atoms. The molecule has 1 nitrogen and oxygen atoms in total. The third-order valence-corrected chi connectivity index (χ3v) is 3.14. The lowest BCUT2D eigenvalue weighted by Gasteiger charge is -2.12. The van der Waals surface area contributed by atoms with E-state index in [2.05, 4.69) is 15.9 Å². The van der Waals surface area contributed by atoms with Gasteiger partial charge >= 0.3 is 6.18 Å². The van der Waals surface area contributed by atoms with Gasteiger partial charge in [0.05, 0.1) is 11.1 Å². The van der Waals surface area contributed by atoms with Crippen LogP contribution in [-0.4, -0.2) is 5.78 Å². The minimum Gasteiger partial charge on any atom is -0.288 e. The van der Waals surface area contributed by atoms with E-state index in [0.717, 1.165) is 24.3 Å². The average Bonchev–Trinajstić information content (AvgIpc) is 2.40. The third-order valence-electron chi connectivity index (χ3n) is 2.65. The van der Waals surface area contributed by atoms with E-state index >= 15 is 0 Å². The van der Waals surface area contributed by atoms with Crippen molar-refractivity contribution in [1.82, 2.24) is 0 Å². The first-order valence-corrected chi connectivity index (χ1v) is 6.26. The maximum atomic E-state index is 13.6. The standard InChI is InChI=1S/C14H7BrF4O/c15-8-5-6-12(16)10(7-8)13(20)9-3-1-2-4-11(9)14(17,18)19/h1-7H. The summed E-state index contributed by atoms with van der Waals surface area (Å²) in [5.41, 5.74) is -2.06. The molecular formula is C14H7BrF4O. The molecule has 104 valence electrons. The van der Waals surface area contributed by atoms with Gasteiger partial charge in [-0.2, -0.15) is 13.2 Å². The monoisotopic (exact) mass is 346 g/mol. The first kappa shape index (κ1) is 14.7. The number of carbonyl (C=O) groups excluding carboxylic acids is 1. The highest BCUT2D eigenvalue weighted by Crippen LogP contribution is 2.33. The van der Waals surface area contributed by atoms with Crippen LogP contribution in [0.1, 0.15) is 21.5 Å². The number of ketones is 1. The zero-order valence-corrected chi connectivity index (χ0v) is 11.4. The Morgan fingerprint density at radius 3 is 2.30 bits per heavy atom. The largest absolute Gasteiger partial charge is 0.417 e. The highest BCUT2D eigenvalue weighted by molar-refractivity contribution is 9.10. The SMILES string of the molecule is O=C(c1cc(Br)ccc1F)c1ccccc1C(F)(F)F. The molecular weight excluding hydrogens is 340 g/mol. The van der Waals surface area contributed by atoms with Crippen molar-refractivity contribution < 1.29 is 22.4 Å². The molecule has 6 heteroatoms. The third kappa shape index (κ3) is 2.90. The summed E-state index contributed by atoms with van der Waals surface area (Å²) in [6.45, 7) is 0. The predicted octanol–water partition coefficient (Wildman–Crippen LogP) is 4.84. The van der Waals surface area contributed by atoms with Crippen LogP contribution in [0.5, 0.6) is 0 Å². The van der Waals surface area contributed by atoms with Crippen LogP contribution < -0.4 is 0 Å². The maximum absolute atomic E-state index is 13.6. The van der Waals surface area contributed by atoms with Gasteiger partial charge in [-0.25, -0.2) is 4.39 Å². The van der Waals surface area contributed by atoms with E-state index in [0.29, 0.717) is 4.47 Å². The Kier molecular flexibility index (Phi) is 3.94. The minimum atomic E-state index is -4.67. The summed E-state index contributed by atoms with van der Waals surface area (Å²) >= 11 is 3.05. The molecule has 0 fully saturated rings. The van der Waals surface area contributed by atoms with Crippen molar-refractivity contribution in [3.05, 3.63) is 69.4 Å². The molecule has 0 N–H and O–H groups in total. The molecule has 0 saturated heterocycles. The number of halogens is 5. The van der Waals surface area contributed by atoms with Gasteiger partial charge < -0.3 is 0 Å². The van der Waals surface area contributed by atoms with Crippen LogP contribution in [0, 0.1) is 5.82 Å². The Morgan fingerprint density at radius 1 is 1.00 bits per heavy atom. The van der Waals surface area contributed by atoms with Crippen molar-refractivity contribution in [2.45, 2.75) is 6.18 Å². The molecule has 20 heavy (non-hydrogen) atoms. The molecule has 2 rings (SSSR count). The molecule has 2 aromatic rings. The second-order valence-electron chi connectivity index (χ2n) is 4.00. The summed E-state index contributed by atoms with van der Waals surface area (Å²) < 4.78 is 52.6. The van der Waals surface area contributed by atoms with Crippen LogP contribution in [0.3, 0.4) is 0 Å². The smallest absolute Gasteiger partial charge is 0.288 e. The molecule has 0 aliphatic rings. The Hall–Kier alpha value is -1.69. The van der Waals surface area contributed by atoms with Gasteiger partial charge in [0.2, 0.25) is 0 Å².